The zero-order chi connectivity index (χ0) is 22.2. The summed E-state index contributed by atoms with van der Waals surface area (Å²) in [6.07, 6.45) is -5.36. The zero-order valence-electron chi connectivity index (χ0n) is 17.2. The molecule has 0 saturated heterocycles. The molecule has 1 aliphatic heterocycles. The normalized spacial score (nSPS) is 19.4. The summed E-state index contributed by atoms with van der Waals surface area (Å²) >= 11 is 0. The van der Waals surface area contributed by atoms with Gasteiger partial charge in [-0.15, -0.1) is 0 Å². The molecule has 2 unspecified atom stereocenters. The smallest absolute Gasteiger partial charge is 0.339 e. The van der Waals surface area contributed by atoms with E-state index < -0.39 is 24.2 Å². The molecule has 1 aliphatic rings. The Hall–Kier alpha value is -2.87. The van der Waals surface area contributed by atoms with Crippen molar-refractivity contribution in [3.63, 3.8) is 0 Å². The van der Waals surface area contributed by atoms with Crippen molar-refractivity contribution in [3.8, 4) is 0 Å². The van der Waals surface area contributed by atoms with Gasteiger partial charge < -0.3 is 10.6 Å². The quantitative estimate of drug-likeness (QED) is 0.633. The molecule has 0 bridgehead atoms. The van der Waals surface area contributed by atoms with Gasteiger partial charge in [0.25, 0.3) is 0 Å². The highest BCUT2D eigenvalue weighted by Gasteiger charge is 2.35. The van der Waals surface area contributed by atoms with Crippen LogP contribution in [-0.4, -0.2) is 11.2 Å². The van der Waals surface area contributed by atoms with Crippen LogP contribution in [0.25, 0.3) is 0 Å². The average Bonchev–Trinajstić information content (AvgIpc) is 2.75. The van der Waals surface area contributed by atoms with Crippen LogP contribution in [0.3, 0.4) is 0 Å². The number of nitrogens with two attached hydrogens (primary N) is 2. The molecule has 4 rings (SSSR count). The number of anilines is 1. The summed E-state index contributed by atoms with van der Waals surface area (Å²) in [7, 11) is 0. The van der Waals surface area contributed by atoms with Crippen molar-refractivity contribution in [1.29, 1.82) is 0 Å². The van der Waals surface area contributed by atoms with Gasteiger partial charge in [0, 0.05) is 24.3 Å². The van der Waals surface area contributed by atoms with Gasteiger partial charge in [0.05, 0.1) is 11.7 Å². The van der Waals surface area contributed by atoms with Crippen molar-refractivity contribution in [1.82, 2.24) is 4.90 Å². The standard InChI is InChI=1S/C24H25F3N4/c1-16-6-8-17(9-7-16)14-30-21-5-3-2-4-20(21)22(28)31(23(30)29)15-18-10-12-19(13-11-18)24(25,26)27/h2-13,22-23H,14-15,28-29H2,1H3. The molecular formula is C24H25F3N4. The minimum Gasteiger partial charge on any atom is -0.339 e. The van der Waals surface area contributed by atoms with E-state index in [9.17, 15) is 13.2 Å². The number of aryl methyl sites for hydroxylation is 1. The van der Waals surface area contributed by atoms with Crippen molar-refractivity contribution in [2.75, 3.05) is 4.90 Å². The predicted octanol–water partition coefficient (Wildman–Crippen LogP) is 4.74. The van der Waals surface area contributed by atoms with Crippen LogP contribution in [0.15, 0.2) is 72.8 Å². The molecular weight excluding hydrogens is 401 g/mol. The van der Waals surface area contributed by atoms with Gasteiger partial charge in [-0.2, -0.15) is 13.2 Å². The number of hydrogen-bond acceptors (Lipinski definition) is 4. The summed E-state index contributed by atoms with van der Waals surface area (Å²) in [5, 5.41) is 0. The maximum Gasteiger partial charge on any atom is 0.416 e. The van der Waals surface area contributed by atoms with Gasteiger partial charge in [-0.05, 0) is 36.2 Å². The van der Waals surface area contributed by atoms with Crippen LogP contribution in [0.5, 0.6) is 0 Å². The fourth-order valence-corrected chi connectivity index (χ4v) is 3.93. The number of halogens is 3. The first kappa shape index (κ1) is 21.4. The molecule has 3 aromatic carbocycles. The van der Waals surface area contributed by atoms with Crippen LogP contribution in [0.2, 0.25) is 0 Å². The van der Waals surface area contributed by atoms with Gasteiger partial charge in [-0.25, -0.2) is 4.90 Å². The fourth-order valence-electron chi connectivity index (χ4n) is 3.93. The van der Waals surface area contributed by atoms with Gasteiger partial charge in [0.15, 0.2) is 0 Å². The predicted molar refractivity (Wildman–Crippen MR) is 116 cm³/mol. The molecule has 4 nitrogen and oxygen atoms in total. The van der Waals surface area contributed by atoms with E-state index in [1.165, 1.54) is 17.7 Å². The van der Waals surface area contributed by atoms with E-state index in [2.05, 4.69) is 29.2 Å². The van der Waals surface area contributed by atoms with Crippen molar-refractivity contribution in [2.45, 2.75) is 38.6 Å². The lowest BCUT2D eigenvalue weighted by atomic mass is 10.0. The number of alkyl halides is 3. The molecule has 4 N–H and O–H groups in total. The second-order valence-corrected chi connectivity index (χ2v) is 7.90. The van der Waals surface area contributed by atoms with Crippen LogP contribution in [0.4, 0.5) is 18.9 Å². The Kier molecular flexibility index (Phi) is 5.75. The molecule has 3 aromatic rings. The molecule has 2 atom stereocenters. The molecule has 7 heteroatoms. The van der Waals surface area contributed by atoms with Crippen molar-refractivity contribution in [2.24, 2.45) is 11.5 Å². The largest absolute Gasteiger partial charge is 0.416 e. The number of hydrogen-bond donors (Lipinski definition) is 2. The van der Waals surface area contributed by atoms with E-state index in [1.807, 2.05) is 36.1 Å². The van der Waals surface area contributed by atoms with E-state index in [0.717, 1.165) is 28.9 Å². The molecule has 0 aromatic heterocycles. The van der Waals surface area contributed by atoms with Gasteiger partial charge >= 0.3 is 6.18 Å². The topological polar surface area (TPSA) is 58.5 Å². The Morgan fingerprint density at radius 3 is 2.03 bits per heavy atom. The zero-order valence-corrected chi connectivity index (χ0v) is 17.2. The van der Waals surface area contributed by atoms with E-state index in [4.69, 9.17) is 11.5 Å². The fraction of sp³-hybridized carbons (Fsp3) is 0.250. The minimum absolute atomic E-state index is 0.333. The lowest BCUT2D eigenvalue weighted by molar-refractivity contribution is -0.137. The van der Waals surface area contributed by atoms with Crippen molar-refractivity contribution < 1.29 is 13.2 Å². The maximum atomic E-state index is 12.9. The van der Waals surface area contributed by atoms with E-state index in [1.54, 1.807) is 0 Å². The summed E-state index contributed by atoms with van der Waals surface area (Å²) in [4.78, 5) is 3.98. The summed E-state index contributed by atoms with van der Waals surface area (Å²) in [5.74, 6) is 0. The number of fused-ring (bicyclic) bond motifs is 1. The number of benzene rings is 3. The molecule has 1 heterocycles. The Balaban J connectivity index is 1.63. The highest BCUT2D eigenvalue weighted by atomic mass is 19.4. The van der Waals surface area contributed by atoms with Crippen LogP contribution in [0.1, 0.15) is 34.0 Å². The molecule has 162 valence electrons. The minimum atomic E-state index is -4.36. The lowest BCUT2D eigenvalue weighted by Crippen LogP contribution is -2.59. The molecule has 0 amide bonds. The number of rotatable bonds is 4. The SMILES string of the molecule is Cc1ccc(CN2c3ccccc3C(N)N(Cc3ccc(C(F)(F)F)cc3)C2N)cc1. The van der Waals surface area contributed by atoms with Gasteiger partial charge in [-0.1, -0.05) is 60.2 Å². The lowest BCUT2D eigenvalue weighted by Gasteiger charge is -2.47. The Labute approximate surface area is 179 Å². The third kappa shape index (κ3) is 4.44. The first-order valence-electron chi connectivity index (χ1n) is 10.1. The summed E-state index contributed by atoms with van der Waals surface area (Å²) in [6.45, 7) is 2.96. The second kappa shape index (κ2) is 8.34. The number of para-hydroxylation sites is 1. The summed E-state index contributed by atoms with van der Waals surface area (Å²) in [5.41, 5.74) is 17.4. The van der Waals surface area contributed by atoms with Crippen LogP contribution in [-0.2, 0) is 19.3 Å². The van der Waals surface area contributed by atoms with Crippen LogP contribution >= 0.6 is 0 Å². The molecule has 0 spiro atoms. The number of nitrogens with zero attached hydrogens (tertiary/aromatic N) is 2. The molecule has 0 radical (unpaired) electrons. The molecule has 0 saturated carbocycles. The second-order valence-electron chi connectivity index (χ2n) is 7.90. The van der Waals surface area contributed by atoms with E-state index in [0.29, 0.717) is 18.7 Å². The highest BCUT2D eigenvalue weighted by molar-refractivity contribution is 5.57. The van der Waals surface area contributed by atoms with Crippen LogP contribution in [0, 0.1) is 6.92 Å². The van der Waals surface area contributed by atoms with Crippen LogP contribution < -0.4 is 16.4 Å². The molecule has 31 heavy (non-hydrogen) atoms. The van der Waals surface area contributed by atoms with Crippen molar-refractivity contribution >= 4 is 5.69 Å². The average molecular weight is 426 g/mol. The van der Waals surface area contributed by atoms with E-state index >= 15 is 0 Å². The maximum absolute atomic E-state index is 12.9. The summed E-state index contributed by atoms with van der Waals surface area (Å²) < 4.78 is 38.7. The van der Waals surface area contributed by atoms with E-state index in [-0.39, 0.29) is 0 Å². The van der Waals surface area contributed by atoms with Gasteiger partial charge in [0.1, 0.15) is 6.29 Å². The molecule has 0 fully saturated rings. The monoisotopic (exact) mass is 426 g/mol. The first-order chi connectivity index (χ1) is 14.7. The Bertz CT molecular complexity index is 1030. The van der Waals surface area contributed by atoms with Gasteiger partial charge in [-0.3, -0.25) is 5.73 Å². The van der Waals surface area contributed by atoms with Crippen molar-refractivity contribution in [3.05, 3.63) is 101 Å². The van der Waals surface area contributed by atoms with Gasteiger partial charge in [0.2, 0.25) is 0 Å². The Morgan fingerprint density at radius 1 is 0.806 bits per heavy atom. The first-order valence-corrected chi connectivity index (χ1v) is 10.1. The third-order valence-corrected chi connectivity index (χ3v) is 5.70. The highest BCUT2D eigenvalue weighted by Crippen LogP contribution is 2.37. The third-order valence-electron chi connectivity index (χ3n) is 5.70. The Morgan fingerprint density at radius 2 is 1.39 bits per heavy atom. The summed E-state index contributed by atoms with van der Waals surface area (Å²) in [6, 6.07) is 21.2. The molecule has 0 aliphatic carbocycles.